The van der Waals surface area contributed by atoms with E-state index in [1.807, 2.05) is 42.5 Å². The molecular weight excluding hydrogens is 318 g/mol. The van der Waals surface area contributed by atoms with Crippen molar-refractivity contribution in [3.8, 4) is 11.5 Å². The summed E-state index contributed by atoms with van der Waals surface area (Å²) in [5, 5.41) is 1.90. The first-order chi connectivity index (χ1) is 11.8. The molecule has 116 valence electrons. The number of ether oxygens (including phenoxy) is 1. The third kappa shape index (κ3) is 1.97. The van der Waals surface area contributed by atoms with Crippen molar-refractivity contribution in [2.45, 2.75) is 5.92 Å². The first-order valence-corrected chi connectivity index (χ1v) is 8.31. The first kappa shape index (κ1) is 13.7. The average molecular weight is 332 g/mol. The Labute approximate surface area is 144 Å². The minimum absolute atomic E-state index is 0.123. The largest absolute Gasteiger partial charge is 0.457 e. The monoisotopic (exact) mass is 331 g/mol. The summed E-state index contributed by atoms with van der Waals surface area (Å²) >= 11 is 6.25. The molecule has 0 saturated heterocycles. The van der Waals surface area contributed by atoms with E-state index in [-0.39, 0.29) is 5.92 Å². The second-order valence-electron chi connectivity index (χ2n) is 6.04. The number of para-hydroxylation sites is 2. The van der Waals surface area contributed by atoms with Crippen LogP contribution < -0.4 is 4.74 Å². The van der Waals surface area contributed by atoms with Crippen LogP contribution in [0.4, 0.5) is 0 Å². The van der Waals surface area contributed by atoms with E-state index in [1.165, 1.54) is 16.7 Å². The number of halogens is 1. The predicted octanol–water partition coefficient (Wildman–Crippen LogP) is 6.11. The lowest BCUT2D eigenvalue weighted by atomic mass is 9.82. The predicted molar refractivity (Wildman–Crippen MR) is 97.2 cm³/mol. The van der Waals surface area contributed by atoms with Crippen molar-refractivity contribution in [2.75, 3.05) is 0 Å². The van der Waals surface area contributed by atoms with Gasteiger partial charge in [0.2, 0.25) is 0 Å². The van der Waals surface area contributed by atoms with E-state index >= 15 is 0 Å². The maximum atomic E-state index is 6.25. The number of nitrogens with one attached hydrogen (secondary N) is 1. The fourth-order valence-electron chi connectivity index (χ4n) is 3.60. The highest BCUT2D eigenvalue weighted by molar-refractivity contribution is 6.31. The molecule has 0 aliphatic carbocycles. The van der Waals surface area contributed by atoms with E-state index in [1.54, 1.807) is 0 Å². The van der Waals surface area contributed by atoms with Crippen molar-refractivity contribution >= 4 is 22.5 Å². The summed E-state index contributed by atoms with van der Waals surface area (Å²) in [6, 6.07) is 22.4. The number of aromatic amines is 1. The number of H-pyrrole nitrogens is 1. The van der Waals surface area contributed by atoms with Crippen LogP contribution in [0, 0.1) is 0 Å². The lowest BCUT2D eigenvalue weighted by molar-refractivity contribution is 0.453. The van der Waals surface area contributed by atoms with Crippen LogP contribution in [0.2, 0.25) is 5.02 Å². The summed E-state index contributed by atoms with van der Waals surface area (Å²) in [5.74, 6) is 1.95. The van der Waals surface area contributed by atoms with Gasteiger partial charge in [0.15, 0.2) is 0 Å². The molecule has 0 atom stereocenters. The van der Waals surface area contributed by atoms with Gasteiger partial charge in [-0.05, 0) is 35.9 Å². The van der Waals surface area contributed by atoms with Crippen molar-refractivity contribution in [1.29, 1.82) is 0 Å². The maximum Gasteiger partial charge on any atom is 0.131 e. The number of hydrogen-bond donors (Lipinski definition) is 1. The molecule has 1 N–H and O–H groups in total. The van der Waals surface area contributed by atoms with Crippen LogP contribution in [0.1, 0.15) is 22.6 Å². The summed E-state index contributed by atoms with van der Waals surface area (Å²) in [5.41, 5.74) is 4.67. The smallest absolute Gasteiger partial charge is 0.131 e. The fraction of sp³-hybridized carbons (Fsp3) is 0.0476. The number of hydrogen-bond acceptors (Lipinski definition) is 1. The van der Waals surface area contributed by atoms with Crippen LogP contribution in [0.25, 0.3) is 10.9 Å². The van der Waals surface area contributed by atoms with Crippen molar-refractivity contribution < 1.29 is 4.74 Å². The average Bonchev–Trinajstić information content (AvgIpc) is 3.02. The van der Waals surface area contributed by atoms with Gasteiger partial charge in [-0.3, -0.25) is 0 Å². The van der Waals surface area contributed by atoms with Gasteiger partial charge >= 0.3 is 0 Å². The van der Waals surface area contributed by atoms with E-state index in [2.05, 4.69) is 35.4 Å². The highest BCUT2D eigenvalue weighted by Gasteiger charge is 2.29. The molecule has 0 fully saturated rings. The Kier molecular flexibility index (Phi) is 2.94. The molecule has 2 heterocycles. The van der Waals surface area contributed by atoms with Crippen LogP contribution in [0.3, 0.4) is 0 Å². The minimum Gasteiger partial charge on any atom is -0.457 e. The van der Waals surface area contributed by atoms with E-state index in [9.17, 15) is 0 Å². The topological polar surface area (TPSA) is 25.0 Å². The Morgan fingerprint density at radius 3 is 2.17 bits per heavy atom. The normalized spacial score (nSPS) is 13.4. The summed E-state index contributed by atoms with van der Waals surface area (Å²) in [4.78, 5) is 3.37. The van der Waals surface area contributed by atoms with Crippen molar-refractivity contribution in [3.05, 3.63) is 94.6 Å². The van der Waals surface area contributed by atoms with Crippen LogP contribution in [0.15, 0.2) is 72.9 Å². The second-order valence-corrected chi connectivity index (χ2v) is 6.48. The molecule has 24 heavy (non-hydrogen) atoms. The van der Waals surface area contributed by atoms with E-state index in [0.717, 1.165) is 27.4 Å². The molecule has 0 bridgehead atoms. The molecule has 5 rings (SSSR count). The molecule has 0 radical (unpaired) electrons. The Bertz CT molecular complexity index is 1020. The van der Waals surface area contributed by atoms with Gasteiger partial charge in [-0.1, -0.05) is 48.0 Å². The van der Waals surface area contributed by atoms with E-state index in [0.29, 0.717) is 0 Å². The molecule has 0 unspecified atom stereocenters. The summed E-state index contributed by atoms with van der Waals surface area (Å²) < 4.78 is 6.11. The molecule has 3 heteroatoms. The SMILES string of the molecule is Clc1ccc2[nH]cc(C3c4ccccc4Oc4ccccc43)c2c1. The molecule has 1 aliphatic rings. The zero-order chi connectivity index (χ0) is 16.1. The Morgan fingerprint density at radius 1 is 0.792 bits per heavy atom. The Balaban J connectivity index is 1.82. The highest BCUT2D eigenvalue weighted by Crippen LogP contribution is 2.48. The molecule has 0 saturated carbocycles. The summed E-state index contributed by atoms with van der Waals surface area (Å²) in [6.07, 6.45) is 2.09. The van der Waals surface area contributed by atoms with Gasteiger partial charge in [0.25, 0.3) is 0 Å². The highest BCUT2D eigenvalue weighted by atomic mass is 35.5. The summed E-state index contributed by atoms with van der Waals surface area (Å²) in [6.45, 7) is 0. The van der Waals surface area contributed by atoms with Gasteiger partial charge in [0.1, 0.15) is 11.5 Å². The number of aromatic nitrogens is 1. The molecule has 3 aromatic carbocycles. The van der Waals surface area contributed by atoms with E-state index < -0.39 is 0 Å². The van der Waals surface area contributed by atoms with E-state index in [4.69, 9.17) is 16.3 Å². The van der Waals surface area contributed by atoms with Crippen LogP contribution >= 0.6 is 11.6 Å². The zero-order valence-electron chi connectivity index (χ0n) is 12.8. The second kappa shape index (κ2) is 5.15. The molecule has 1 aromatic heterocycles. The standard InChI is InChI=1S/C21H14ClNO/c22-13-9-10-18-16(11-13)17(12-23-18)21-14-5-1-3-7-19(14)24-20-8-4-2-6-15(20)21/h1-12,21,23H. The Morgan fingerprint density at radius 2 is 1.46 bits per heavy atom. The zero-order valence-corrected chi connectivity index (χ0v) is 13.5. The molecule has 1 aliphatic heterocycles. The van der Waals surface area contributed by atoms with Crippen LogP contribution in [-0.2, 0) is 0 Å². The van der Waals surface area contributed by atoms with Gasteiger partial charge in [-0.25, -0.2) is 0 Å². The third-order valence-electron chi connectivity index (χ3n) is 4.67. The molecule has 0 spiro atoms. The molecule has 0 amide bonds. The van der Waals surface area contributed by atoms with Gasteiger partial charge in [0.05, 0.1) is 0 Å². The summed E-state index contributed by atoms with van der Waals surface area (Å²) in [7, 11) is 0. The third-order valence-corrected chi connectivity index (χ3v) is 4.90. The van der Waals surface area contributed by atoms with Crippen molar-refractivity contribution in [3.63, 3.8) is 0 Å². The quantitative estimate of drug-likeness (QED) is 0.394. The van der Waals surface area contributed by atoms with Gasteiger partial charge in [-0.15, -0.1) is 0 Å². The maximum absolute atomic E-state index is 6.25. The lowest BCUT2D eigenvalue weighted by Gasteiger charge is -2.28. The van der Waals surface area contributed by atoms with Crippen molar-refractivity contribution in [1.82, 2.24) is 4.98 Å². The Hall–Kier alpha value is -2.71. The van der Waals surface area contributed by atoms with Crippen LogP contribution in [-0.4, -0.2) is 4.98 Å². The van der Waals surface area contributed by atoms with Crippen LogP contribution in [0.5, 0.6) is 11.5 Å². The minimum atomic E-state index is 0.123. The van der Waals surface area contributed by atoms with Gasteiger partial charge < -0.3 is 9.72 Å². The molecule has 4 aromatic rings. The number of fused-ring (bicyclic) bond motifs is 3. The first-order valence-electron chi connectivity index (χ1n) is 7.93. The molecular formula is C21H14ClNO. The van der Waals surface area contributed by atoms with Gasteiger partial charge in [-0.2, -0.15) is 0 Å². The van der Waals surface area contributed by atoms with Gasteiger partial charge in [0, 0.05) is 39.2 Å². The molecule has 2 nitrogen and oxygen atoms in total. The van der Waals surface area contributed by atoms with Crippen molar-refractivity contribution in [2.24, 2.45) is 0 Å². The fourth-order valence-corrected chi connectivity index (χ4v) is 3.77. The lowest BCUT2D eigenvalue weighted by Crippen LogP contribution is -2.11. The number of benzene rings is 3. The number of rotatable bonds is 1.